The minimum atomic E-state index is -4.26. The average Bonchev–Trinajstić information content (AvgIpc) is 3.09. The SMILES string of the molecule is Cn1cc(CN2CCC(Oc3cccc4c3ccn4CC(F)(F)F)CC2)ccc1=O. The third-order valence-corrected chi connectivity index (χ3v) is 5.50. The van der Waals surface area contributed by atoms with Crippen LogP contribution < -0.4 is 10.3 Å². The zero-order chi connectivity index (χ0) is 21.3. The van der Waals surface area contributed by atoms with E-state index in [2.05, 4.69) is 4.90 Å². The summed E-state index contributed by atoms with van der Waals surface area (Å²) in [5.74, 6) is 0.630. The second-order valence-electron chi connectivity index (χ2n) is 7.83. The van der Waals surface area contributed by atoms with E-state index in [1.165, 1.54) is 10.8 Å². The van der Waals surface area contributed by atoms with Crippen molar-refractivity contribution in [2.75, 3.05) is 13.1 Å². The van der Waals surface area contributed by atoms with Crippen molar-refractivity contribution in [3.63, 3.8) is 0 Å². The van der Waals surface area contributed by atoms with E-state index in [-0.39, 0.29) is 11.7 Å². The summed E-state index contributed by atoms with van der Waals surface area (Å²) in [5.41, 5.74) is 1.59. The van der Waals surface area contributed by atoms with Gasteiger partial charge in [-0.3, -0.25) is 9.69 Å². The fourth-order valence-corrected chi connectivity index (χ4v) is 4.00. The molecule has 1 aromatic carbocycles. The molecule has 0 atom stereocenters. The van der Waals surface area contributed by atoms with Gasteiger partial charge in [-0.2, -0.15) is 13.2 Å². The molecule has 0 spiro atoms. The van der Waals surface area contributed by atoms with Crippen LogP contribution in [-0.2, 0) is 20.1 Å². The second kappa shape index (κ2) is 8.18. The third kappa shape index (κ3) is 4.70. The summed E-state index contributed by atoms with van der Waals surface area (Å²) in [6, 6.07) is 10.4. The summed E-state index contributed by atoms with van der Waals surface area (Å²) in [6.07, 6.45) is 0.758. The van der Waals surface area contributed by atoms with Crippen LogP contribution in [0.25, 0.3) is 10.9 Å². The Bertz CT molecular complexity index is 1080. The lowest BCUT2D eigenvalue weighted by molar-refractivity contribution is -0.139. The number of likely N-dealkylation sites (tertiary alicyclic amines) is 1. The van der Waals surface area contributed by atoms with E-state index < -0.39 is 12.7 Å². The van der Waals surface area contributed by atoms with Crippen LogP contribution in [0.1, 0.15) is 18.4 Å². The van der Waals surface area contributed by atoms with Gasteiger partial charge >= 0.3 is 6.18 Å². The Balaban J connectivity index is 1.38. The summed E-state index contributed by atoms with van der Waals surface area (Å²) in [6.45, 7) is 1.48. The molecular formula is C22H24F3N3O2. The Hall–Kier alpha value is -2.74. The topological polar surface area (TPSA) is 39.4 Å². The first kappa shape index (κ1) is 20.5. The molecule has 4 rings (SSSR count). The maximum Gasteiger partial charge on any atom is 0.406 e. The predicted octanol–water partition coefficient (Wildman–Crippen LogP) is 3.95. The lowest BCUT2D eigenvalue weighted by Gasteiger charge is -2.32. The van der Waals surface area contributed by atoms with E-state index in [4.69, 9.17) is 4.74 Å². The van der Waals surface area contributed by atoms with E-state index in [0.717, 1.165) is 38.0 Å². The number of benzene rings is 1. The lowest BCUT2D eigenvalue weighted by atomic mass is 10.1. The Labute approximate surface area is 172 Å². The largest absolute Gasteiger partial charge is 0.490 e. The molecule has 0 saturated carbocycles. The van der Waals surface area contributed by atoms with Crippen LogP contribution in [0.4, 0.5) is 13.2 Å². The maximum atomic E-state index is 12.8. The van der Waals surface area contributed by atoms with Gasteiger partial charge in [0.15, 0.2) is 0 Å². The van der Waals surface area contributed by atoms with E-state index in [1.807, 2.05) is 18.3 Å². The number of hydrogen-bond donors (Lipinski definition) is 0. The van der Waals surface area contributed by atoms with Crippen molar-refractivity contribution in [1.82, 2.24) is 14.0 Å². The van der Waals surface area contributed by atoms with Crippen LogP contribution in [0, 0.1) is 0 Å². The monoisotopic (exact) mass is 419 g/mol. The first-order valence-corrected chi connectivity index (χ1v) is 9.98. The molecule has 0 amide bonds. The predicted molar refractivity (Wildman–Crippen MR) is 109 cm³/mol. The van der Waals surface area contributed by atoms with Crippen molar-refractivity contribution in [2.24, 2.45) is 7.05 Å². The highest BCUT2D eigenvalue weighted by Gasteiger charge is 2.28. The Morgan fingerprint density at radius 3 is 2.57 bits per heavy atom. The number of ether oxygens (including phenoxy) is 1. The van der Waals surface area contributed by atoms with Crippen molar-refractivity contribution in [2.45, 2.75) is 38.2 Å². The Kier molecular flexibility index (Phi) is 5.60. The molecule has 1 saturated heterocycles. The molecule has 1 aliphatic rings. The van der Waals surface area contributed by atoms with Crippen LogP contribution in [0.2, 0.25) is 0 Å². The molecule has 3 aromatic rings. The molecule has 0 radical (unpaired) electrons. The van der Waals surface area contributed by atoms with Crippen LogP contribution in [0.5, 0.6) is 5.75 Å². The first-order chi connectivity index (χ1) is 14.3. The van der Waals surface area contributed by atoms with Crippen LogP contribution in [-0.4, -0.2) is 39.4 Å². The summed E-state index contributed by atoms with van der Waals surface area (Å²) in [7, 11) is 1.74. The molecule has 2 aromatic heterocycles. The van der Waals surface area contributed by atoms with Gasteiger partial charge in [-0.1, -0.05) is 12.1 Å². The zero-order valence-electron chi connectivity index (χ0n) is 16.7. The van der Waals surface area contributed by atoms with E-state index in [1.54, 1.807) is 35.9 Å². The second-order valence-corrected chi connectivity index (χ2v) is 7.83. The van der Waals surface area contributed by atoms with Gasteiger partial charge in [0.25, 0.3) is 0 Å². The molecule has 8 heteroatoms. The van der Waals surface area contributed by atoms with Crippen molar-refractivity contribution in [3.8, 4) is 5.75 Å². The van der Waals surface area contributed by atoms with E-state index >= 15 is 0 Å². The number of hydrogen-bond acceptors (Lipinski definition) is 3. The summed E-state index contributed by atoms with van der Waals surface area (Å²) in [5, 5.41) is 0.703. The molecule has 1 aliphatic heterocycles. The van der Waals surface area contributed by atoms with Gasteiger partial charge in [0, 0.05) is 50.5 Å². The van der Waals surface area contributed by atoms with Gasteiger partial charge in [0.05, 0.1) is 5.52 Å². The Morgan fingerprint density at radius 2 is 1.87 bits per heavy atom. The molecule has 0 bridgehead atoms. The molecule has 30 heavy (non-hydrogen) atoms. The van der Waals surface area contributed by atoms with Crippen molar-refractivity contribution in [1.29, 1.82) is 0 Å². The summed E-state index contributed by atoms with van der Waals surface area (Å²) in [4.78, 5) is 13.8. The zero-order valence-corrected chi connectivity index (χ0v) is 16.7. The highest BCUT2D eigenvalue weighted by Crippen LogP contribution is 2.31. The van der Waals surface area contributed by atoms with Crippen LogP contribution >= 0.6 is 0 Å². The number of aryl methyl sites for hydroxylation is 1. The molecular weight excluding hydrogens is 395 g/mol. The minimum Gasteiger partial charge on any atom is -0.490 e. The molecule has 5 nitrogen and oxygen atoms in total. The van der Waals surface area contributed by atoms with Gasteiger partial charge in [-0.05, 0) is 36.6 Å². The number of aromatic nitrogens is 2. The highest BCUT2D eigenvalue weighted by atomic mass is 19.4. The standard InChI is InChI=1S/C22H24F3N3O2/c1-26-13-16(5-6-21(26)29)14-27-10-7-17(8-11-27)30-20-4-2-3-19-18(20)9-12-28(19)15-22(23,24)25/h2-6,9,12-13,17H,7-8,10-11,14-15H2,1H3. The fraction of sp³-hybridized carbons (Fsp3) is 0.409. The molecule has 0 N–H and O–H groups in total. The van der Waals surface area contributed by atoms with Gasteiger partial charge in [-0.15, -0.1) is 0 Å². The quantitative estimate of drug-likeness (QED) is 0.629. The fourth-order valence-electron chi connectivity index (χ4n) is 4.00. The normalized spacial score (nSPS) is 16.3. The Morgan fingerprint density at radius 1 is 1.10 bits per heavy atom. The number of fused-ring (bicyclic) bond motifs is 1. The van der Waals surface area contributed by atoms with Gasteiger partial charge in [0.1, 0.15) is 18.4 Å². The van der Waals surface area contributed by atoms with Crippen LogP contribution in [0.15, 0.2) is 53.6 Å². The minimum absolute atomic E-state index is 0.0240. The lowest BCUT2D eigenvalue weighted by Crippen LogP contribution is -2.38. The highest BCUT2D eigenvalue weighted by molar-refractivity contribution is 5.86. The van der Waals surface area contributed by atoms with Crippen LogP contribution in [0.3, 0.4) is 0 Å². The molecule has 1 fully saturated rings. The third-order valence-electron chi connectivity index (χ3n) is 5.50. The first-order valence-electron chi connectivity index (χ1n) is 9.98. The maximum absolute atomic E-state index is 12.8. The summed E-state index contributed by atoms with van der Waals surface area (Å²) < 4.78 is 47.3. The number of nitrogens with zero attached hydrogens (tertiary/aromatic N) is 3. The number of rotatable bonds is 5. The van der Waals surface area contributed by atoms with Crippen molar-refractivity contribution in [3.05, 3.63) is 64.7 Å². The molecule has 0 unspecified atom stereocenters. The van der Waals surface area contributed by atoms with Gasteiger partial charge < -0.3 is 13.9 Å². The molecule has 160 valence electrons. The molecule has 3 heterocycles. The number of halogens is 3. The average molecular weight is 419 g/mol. The smallest absolute Gasteiger partial charge is 0.406 e. The van der Waals surface area contributed by atoms with E-state index in [0.29, 0.717) is 16.7 Å². The summed E-state index contributed by atoms with van der Waals surface area (Å²) >= 11 is 0. The van der Waals surface area contributed by atoms with Crippen molar-refractivity contribution < 1.29 is 17.9 Å². The molecule has 0 aliphatic carbocycles. The van der Waals surface area contributed by atoms with Gasteiger partial charge in [-0.25, -0.2) is 0 Å². The number of piperidine rings is 1. The number of alkyl halides is 3. The number of pyridine rings is 1. The van der Waals surface area contributed by atoms with Gasteiger partial charge in [0.2, 0.25) is 5.56 Å². The van der Waals surface area contributed by atoms with E-state index in [9.17, 15) is 18.0 Å². The van der Waals surface area contributed by atoms with Crippen molar-refractivity contribution >= 4 is 10.9 Å².